The van der Waals surface area contributed by atoms with Crippen LogP contribution in [0.3, 0.4) is 0 Å². The third kappa shape index (κ3) is 3.99. The molecule has 7 nitrogen and oxygen atoms in total. The average molecular weight is 262 g/mol. The number of rotatable bonds is 6. The molecule has 0 saturated heterocycles. The molecule has 0 aliphatic carbocycles. The molecule has 1 N–H and O–H groups in total. The standard InChI is InChI=1S/C12H18N6O/c1-9(2)19-12-10(5-4-6-14-12)7-13-8-11-15-17-18(3)16-11/h4-6,9,13H,7-8H2,1-3H3. The first-order valence-electron chi connectivity index (χ1n) is 6.19. The van der Waals surface area contributed by atoms with E-state index < -0.39 is 0 Å². The zero-order valence-corrected chi connectivity index (χ0v) is 11.4. The van der Waals surface area contributed by atoms with Crippen LogP contribution in [0.2, 0.25) is 0 Å². The van der Waals surface area contributed by atoms with Crippen LogP contribution in [0.1, 0.15) is 25.2 Å². The highest BCUT2D eigenvalue weighted by Crippen LogP contribution is 2.15. The van der Waals surface area contributed by atoms with Crippen molar-refractivity contribution in [3.8, 4) is 5.88 Å². The summed E-state index contributed by atoms with van der Waals surface area (Å²) in [5.41, 5.74) is 1.01. The molecule has 0 saturated carbocycles. The van der Waals surface area contributed by atoms with E-state index in [0.717, 1.165) is 5.56 Å². The number of ether oxygens (including phenoxy) is 1. The number of hydrogen-bond donors (Lipinski definition) is 1. The summed E-state index contributed by atoms with van der Waals surface area (Å²) in [6.07, 6.45) is 1.83. The van der Waals surface area contributed by atoms with Gasteiger partial charge in [0, 0.05) is 18.3 Å². The maximum Gasteiger partial charge on any atom is 0.218 e. The molecule has 2 rings (SSSR count). The number of aryl methyl sites for hydroxylation is 1. The molecule has 2 aromatic rings. The number of tetrazole rings is 1. The van der Waals surface area contributed by atoms with Crippen LogP contribution in [0.15, 0.2) is 18.3 Å². The Morgan fingerprint density at radius 3 is 2.89 bits per heavy atom. The summed E-state index contributed by atoms with van der Waals surface area (Å²) in [5.74, 6) is 1.33. The van der Waals surface area contributed by atoms with Crippen molar-refractivity contribution in [2.75, 3.05) is 0 Å². The van der Waals surface area contributed by atoms with Crippen molar-refractivity contribution >= 4 is 0 Å². The monoisotopic (exact) mass is 262 g/mol. The van der Waals surface area contributed by atoms with E-state index in [1.807, 2.05) is 26.0 Å². The third-order valence-electron chi connectivity index (χ3n) is 2.35. The predicted octanol–water partition coefficient (Wildman–Crippen LogP) is 0.682. The van der Waals surface area contributed by atoms with E-state index in [9.17, 15) is 0 Å². The summed E-state index contributed by atoms with van der Waals surface area (Å²) in [6.45, 7) is 5.17. The molecule has 2 aromatic heterocycles. The summed E-state index contributed by atoms with van der Waals surface area (Å²) in [5, 5.41) is 15.0. The highest BCUT2D eigenvalue weighted by molar-refractivity contribution is 5.25. The van der Waals surface area contributed by atoms with Gasteiger partial charge in [0.05, 0.1) is 19.7 Å². The summed E-state index contributed by atoms with van der Waals surface area (Å²) in [6, 6.07) is 3.88. The highest BCUT2D eigenvalue weighted by Gasteiger charge is 2.07. The molecular weight excluding hydrogens is 244 g/mol. The molecular formula is C12H18N6O. The predicted molar refractivity (Wildman–Crippen MR) is 69.3 cm³/mol. The summed E-state index contributed by atoms with van der Waals surface area (Å²) in [4.78, 5) is 5.68. The number of pyridine rings is 1. The van der Waals surface area contributed by atoms with E-state index in [4.69, 9.17) is 4.74 Å². The Kier molecular flexibility index (Phi) is 4.40. The average Bonchev–Trinajstić information content (AvgIpc) is 2.77. The SMILES string of the molecule is CC(C)Oc1ncccc1CNCc1nnn(C)n1. The summed E-state index contributed by atoms with van der Waals surface area (Å²) >= 11 is 0. The van der Waals surface area contributed by atoms with Crippen LogP contribution in [0.5, 0.6) is 5.88 Å². The van der Waals surface area contributed by atoms with Gasteiger partial charge in [0.25, 0.3) is 0 Å². The first kappa shape index (κ1) is 13.4. The Labute approximate surface area is 112 Å². The maximum atomic E-state index is 5.65. The van der Waals surface area contributed by atoms with E-state index in [-0.39, 0.29) is 6.10 Å². The molecule has 0 atom stereocenters. The lowest BCUT2D eigenvalue weighted by Gasteiger charge is -2.12. The van der Waals surface area contributed by atoms with Crippen LogP contribution >= 0.6 is 0 Å². The van der Waals surface area contributed by atoms with Crippen LogP contribution in [0.25, 0.3) is 0 Å². The van der Waals surface area contributed by atoms with Crippen LogP contribution in [0, 0.1) is 0 Å². The van der Waals surface area contributed by atoms with Crippen molar-refractivity contribution in [3.63, 3.8) is 0 Å². The molecule has 0 spiro atoms. The molecule has 102 valence electrons. The van der Waals surface area contributed by atoms with Crippen LogP contribution in [0.4, 0.5) is 0 Å². The van der Waals surface area contributed by atoms with Crippen molar-refractivity contribution in [1.82, 2.24) is 30.5 Å². The first-order chi connectivity index (χ1) is 9.15. The lowest BCUT2D eigenvalue weighted by Crippen LogP contribution is -2.16. The molecule has 19 heavy (non-hydrogen) atoms. The Morgan fingerprint density at radius 2 is 2.21 bits per heavy atom. The van der Waals surface area contributed by atoms with E-state index in [0.29, 0.717) is 24.8 Å². The molecule has 0 bridgehead atoms. The van der Waals surface area contributed by atoms with E-state index >= 15 is 0 Å². The fourth-order valence-corrected chi connectivity index (χ4v) is 1.59. The van der Waals surface area contributed by atoms with Gasteiger partial charge in [0.15, 0.2) is 5.82 Å². The minimum absolute atomic E-state index is 0.107. The molecule has 2 heterocycles. The Hall–Kier alpha value is -2.02. The second kappa shape index (κ2) is 6.24. The smallest absolute Gasteiger partial charge is 0.218 e. The number of nitrogens with one attached hydrogen (secondary N) is 1. The molecule has 0 amide bonds. The molecule has 0 fully saturated rings. The second-order valence-electron chi connectivity index (χ2n) is 4.43. The van der Waals surface area contributed by atoms with Gasteiger partial charge in [-0.15, -0.1) is 10.2 Å². The minimum atomic E-state index is 0.107. The van der Waals surface area contributed by atoms with Gasteiger partial charge in [0.2, 0.25) is 5.88 Å². The van der Waals surface area contributed by atoms with Gasteiger partial charge < -0.3 is 10.1 Å². The fourth-order valence-electron chi connectivity index (χ4n) is 1.59. The maximum absolute atomic E-state index is 5.65. The van der Waals surface area contributed by atoms with Crippen LogP contribution in [-0.2, 0) is 20.1 Å². The molecule has 0 aliphatic rings. The lowest BCUT2D eigenvalue weighted by molar-refractivity contribution is 0.229. The highest BCUT2D eigenvalue weighted by atomic mass is 16.5. The molecule has 0 aliphatic heterocycles. The van der Waals surface area contributed by atoms with Crippen molar-refractivity contribution in [1.29, 1.82) is 0 Å². The summed E-state index contributed by atoms with van der Waals surface area (Å²) in [7, 11) is 1.74. The third-order valence-corrected chi connectivity index (χ3v) is 2.35. The minimum Gasteiger partial charge on any atom is -0.475 e. The van der Waals surface area contributed by atoms with Gasteiger partial charge in [-0.3, -0.25) is 0 Å². The number of aromatic nitrogens is 5. The van der Waals surface area contributed by atoms with Crippen molar-refractivity contribution in [2.45, 2.75) is 33.0 Å². The normalized spacial score (nSPS) is 10.9. The zero-order chi connectivity index (χ0) is 13.7. The fraction of sp³-hybridized carbons (Fsp3) is 0.500. The van der Waals surface area contributed by atoms with E-state index in [1.165, 1.54) is 4.80 Å². The zero-order valence-electron chi connectivity index (χ0n) is 11.4. The second-order valence-corrected chi connectivity index (χ2v) is 4.43. The topological polar surface area (TPSA) is 77.8 Å². The first-order valence-corrected chi connectivity index (χ1v) is 6.19. The number of hydrogen-bond acceptors (Lipinski definition) is 6. The quantitative estimate of drug-likeness (QED) is 0.825. The van der Waals surface area contributed by atoms with Gasteiger partial charge in [-0.05, 0) is 25.1 Å². The lowest BCUT2D eigenvalue weighted by atomic mass is 10.2. The van der Waals surface area contributed by atoms with E-state index in [1.54, 1.807) is 13.2 Å². The largest absolute Gasteiger partial charge is 0.475 e. The van der Waals surface area contributed by atoms with Crippen LogP contribution < -0.4 is 10.1 Å². The Bertz CT molecular complexity index is 524. The Morgan fingerprint density at radius 1 is 1.37 bits per heavy atom. The van der Waals surface area contributed by atoms with Gasteiger partial charge in [-0.1, -0.05) is 6.07 Å². The van der Waals surface area contributed by atoms with Crippen LogP contribution in [-0.4, -0.2) is 31.3 Å². The van der Waals surface area contributed by atoms with Gasteiger partial charge in [-0.25, -0.2) is 4.98 Å². The molecule has 7 heteroatoms. The van der Waals surface area contributed by atoms with Gasteiger partial charge >= 0.3 is 0 Å². The van der Waals surface area contributed by atoms with Crippen molar-refractivity contribution in [2.24, 2.45) is 7.05 Å². The number of nitrogens with zero attached hydrogens (tertiary/aromatic N) is 5. The van der Waals surface area contributed by atoms with Crippen molar-refractivity contribution < 1.29 is 4.74 Å². The van der Waals surface area contributed by atoms with Gasteiger partial charge in [0.1, 0.15) is 0 Å². The van der Waals surface area contributed by atoms with Gasteiger partial charge in [-0.2, -0.15) is 4.80 Å². The molecule has 0 radical (unpaired) electrons. The molecule has 0 unspecified atom stereocenters. The van der Waals surface area contributed by atoms with E-state index in [2.05, 4.69) is 25.7 Å². The molecule has 0 aromatic carbocycles. The summed E-state index contributed by atoms with van der Waals surface area (Å²) < 4.78 is 5.65. The Balaban J connectivity index is 1.92. The van der Waals surface area contributed by atoms with Crippen molar-refractivity contribution in [3.05, 3.63) is 29.7 Å².